The molecule has 3 aromatic carbocycles. The zero-order valence-electron chi connectivity index (χ0n) is 16.7. The molecule has 0 aliphatic rings. The Hall–Kier alpha value is -3.70. The number of amides is 1. The van der Waals surface area contributed by atoms with Crippen LogP contribution in [0.1, 0.15) is 27.0 Å². The second-order valence-electron chi connectivity index (χ2n) is 7.25. The van der Waals surface area contributed by atoms with Crippen molar-refractivity contribution >= 4 is 11.6 Å². The minimum absolute atomic E-state index is 0.0761. The van der Waals surface area contributed by atoms with Gasteiger partial charge in [0.1, 0.15) is 5.69 Å². The number of aliphatic hydroxyl groups excluding tert-OH is 1. The van der Waals surface area contributed by atoms with E-state index in [0.29, 0.717) is 23.5 Å². The lowest BCUT2D eigenvalue weighted by molar-refractivity contribution is 0.102. The van der Waals surface area contributed by atoms with Crippen LogP contribution in [0.15, 0.2) is 85.1 Å². The Morgan fingerprint density at radius 3 is 2.43 bits per heavy atom. The zero-order chi connectivity index (χ0) is 20.9. The van der Waals surface area contributed by atoms with Crippen molar-refractivity contribution in [2.45, 2.75) is 20.1 Å². The minimum Gasteiger partial charge on any atom is -0.392 e. The van der Waals surface area contributed by atoms with Crippen LogP contribution in [0.2, 0.25) is 0 Å². The summed E-state index contributed by atoms with van der Waals surface area (Å²) in [6.07, 6.45) is 1.79. The van der Waals surface area contributed by atoms with Crippen LogP contribution in [0.25, 0.3) is 11.3 Å². The number of hydrogen-bond acceptors (Lipinski definition) is 3. The summed E-state index contributed by atoms with van der Waals surface area (Å²) in [6, 6.07) is 25.2. The van der Waals surface area contributed by atoms with Crippen LogP contribution >= 0.6 is 0 Å². The minimum atomic E-state index is -0.236. The molecule has 1 aromatic heterocycles. The van der Waals surface area contributed by atoms with Gasteiger partial charge in [0.2, 0.25) is 0 Å². The number of aromatic nitrogens is 2. The molecule has 4 aromatic rings. The second-order valence-corrected chi connectivity index (χ2v) is 7.25. The fourth-order valence-corrected chi connectivity index (χ4v) is 3.31. The maximum atomic E-state index is 13.1. The molecule has 0 bridgehead atoms. The highest BCUT2D eigenvalue weighted by atomic mass is 16.3. The van der Waals surface area contributed by atoms with Crippen molar-refractivity contribution in [3.05, 3.63) is 107 Å². The van der Waals surface area contributed by atoms with Gasteiger partial charge in [0.05, 0.1) is 18.7 Å². The first-order chi connectivity index (χ1) is 14.6. The zero-order valence-corrected chi connectivity index (χ0v) is 16.7. The number of aryl methyl sites for hydroxylation is 1. The Morgan fingerprint density at radius 2 is 1.70 bits per heavy atom. The summed E-state index contributed by atoms with van der Waals surface area (Å²) < 4.78 is 1.80. The molecule has 0 fully saturated rings. The van der Waals surface area contributed by atoms with E-state index < -0.39 is 0 Å². The van der Waals surface area contributed by atoms with Crippen LogP contribution in [-0.2, 0) is 13.2 Å². The van der Waals surface area contributed by atoms with Crippen LogP contribution in [0.3, 0.4) is 0 Å². The number of nitrogens with zero attached hydrogens (tertiary/aromatic N) is 2. The van der Waals surface area contributed by atoms with Crippen LogP contribution < -0.4 is 5.32 Å². The molecule has 4 rings (SSSR count). The summed E-state index contributed by atoms with van der Waals surface area (Å²) in [5.74, 6) is -0.236. The first-order valence-corrected chi connectivity index (χ1v) is 9.82. The lowest BCUT2D eigenvalue weighted by Gasteiger charge is -2.07. The Kier molecular flexibility index (Phi) is 5.72. The Morgan fingerprint density at radius 1 is 0.967 bits per heavy atom. The van der Waals surface area contributed by atoms with Crippen molar-refractivity contribution < 1.29 is 9.90 Å². The SMILES string of the molecule is Cc1ccc(-c2nn(Cc3ccccc3)cc2C(=O)Nc2cccc(CO)c2)cc1. The Labute approximate surface area is 175 Å². The van der Waals surface area contributed by atoms with E-state index >= 15 is 0 Å². The van der Waals surface area contributed by atoms with E-state index in [2.05, 4.69) is 5.32 Å². The molecule has 0 spiro atoms. The van der Waals surface area contributed by atoms with Gasteiger partial charge in [0, 0.05) is 17.4 Å². The fourth-order valence-electron chi connectivity index (χ4n) is 3.31. The van der Waals surface area contributed by atoms with Gasteiger partial charge in [0.15, 0.2) is 0 Å². The third-order valence-corrected chi connectivity index (χ3v) is 4.89. The van der Waals surface area contributed by atoms with Gasteiger partial charge in [-0.15, -0.1) is 0 Å². The smallest absolute Gasteiger partial charge is 0.259 e. The highest BCUT2D eigenvalue weighted by Crippen LogP contribution is 2.24. The average molecular weight is 397 g/mol. The Bertz CT molecular complexity index is 1150. The first kappa shape index (κ1) is 19.6. The number of anilines is 1. The van der Waals surface area contributed by atoms with Gasteiger partial charge in [0.25, 0.3) is 5.91 Å². The van der Waals surface area contributed by atoms with Gasteiger partial charge < -0.3 is 10.4 Å². The molecule has 0 saturated carbocycles. The molecular formula is C25H23N3O2. The monoisotopic (exact) mass is 397 g/mol. The number of nitrogens with one attached hydrogen (secondary N) is 1. The fraction of sp³-hybridized carbons (Fsp3) is 0.120. The van der Waals surface area contributed by atoms with Gasteiger partial charge in [-0.3, -0.25) is 9.48 Å². The van der Waals surface area contributed by atoms with Gasteiger partial charge in [-0.25, -0.2) is 0 Å². The van der Waals surface area contributed by atoms with Crippen molar-refractivity contribution in [2.75, 3.05) is 5.32 Å². The summed E-state index contributed by atoms with van der Waals surface area (Å²) in [4.78, 5) is 13.1. The molecule has 5 nitrogen and oxygen atoms in total. The molecule has 30 heavy (non-hydrogen) atoms. The second kappa shape index (κ2) is 8.76. The van der Waals surface area contributed by atoms with Crippen molar-refractivity contribution in [3.63, 3.8) is 0 Å². The van der Waals surface area contributed by atoms with Gasteiger partial charge in [-0.2, -0.15) is 5.10 Å². The van der Waals surface area contributed by atoms with Crippen LogP contribution in [-0.4, -0.2) is 20.8 Å². The number of aliphatic hydroxyl groups is 1. The van der Waals surface area contributed by atoms with Gasteiger partial charge in [-0.05, 0) is 30.2 Å². The Balaban J connectivity index is 1.68. The number of hydrogen-bond donors (Lipinski definition) is 2. The molecule has 2 N–H and O–H groups in total. The normalized spacial score (nSPS) is 10.7. The molecule has 0 saturated heterocycles. The topological polar surface area (TPSA) is 67.2 Å². The van der Waals surface area contributed by atoms with Gasteiger partial charge >= 0.3 is 0 Å². The van der Waals surface area contributed by atoms with E-state index in [1.54, 1.807) is 29.1 Å². The third kappa shape index (κ3) is 4.47. The predicted molar refractivity (Wildman–Crippen MR) is 118 cm³/mol. The third-order valence-electron chi connectivity index (χ3n) is 4.89. The summed E-state index contributed by atoms with van der Waals surface area (Å²) in [5, 5.41) is 17.0. The molecular weight excluding hydrogens is 374 g/mol. The van der Waals surface area contributed by atoms with E-state index in [4.69, 9.17) is 5.10 Å². The van der Waals surface area contributed by atoms with Crippen molar-refractivity contribution in [3.8, 4) is 11.3 Å². The maximum absolute atomic E-state index is 13.1. The van der Waals surface area contributed by atoms with Crippen LogP contribution in [0, 0.1) is 6.92 Å². The van der Waals surface area contributed by atoms with Crippen LogP contribution in [0.4, 0.5) is 5.69 Å². The molecule has 150 valence electrons. The van der Waals surface area contributed by atoms with Crippen molar-refractivity contribution in [1.82, 2.24) is 9.78 Å². The predicted octanol–water partition coefficient (Wildman–Crippen LogP) is 4.65. The summed E-state index contributed by atoms with van der Waals surface area (Å²) in [6.45, 7) is 2.53. The summed E-state index contributed by atoms with van der Waals surface area (Å²) in [5.41, 5.74) is 5.67. The standard InChI is InChI=1S/C25H23N3O2/c1-18-10-12-21(13-11-18)24-23(16-28(27-24)15-19-6-3-2-4-7-19)25(30)26-22-9-5-8-20(14-22)17-29/h2-14,16,29H,15,17H2,1H3,(H,26,30). The number of benzene rings is 3. The molecule has 0 aliphatic carbocycles. The molecule has 0 aliphatic heterocycles. The van der Waals surface area contributed by atoms with E-state index in [1.807, 2.05) is 67.6 Å². The largest absolute Gasteiger partial charge is 0.392 e. The molecule has 0 radical (unpaired) electrons. The lowest BCUT2D eigenvalue weighted by atomic mass is 10.1. The highest BCUT2D eigenvalue weighted by molar-refractivity contribution is 6.08. The molecule has 0 unspecified atom stereocenters. The van der Waals surface area contributed by atoms with E-state index in [9.17, 15) is 9.90 Å². The number of carbonyl (C=O) groups is 1. The average Bonchev–Trinajstić information content (AvgIpc) is 3.19. The number of carbonyl (C=O) groups excluding carboxylic acids is 1. The van der Waals surface area contributed by atoms with Crippen LogP contribution in [0.5, 0.6) is 0 Å². The molecule has 0 atom stereocenters. The molecule has 5 heteroatoms. The molecule has 1 heterocycles. The van der Waals surface area contributed by atoms with E-state index in [1.165, 1.54) is 0 Å². The highest BCUT2D eigenvalue weighted by Gasteiger charge is 2.18. The van der Waals surface area contributed by atoms with Crippen molar-refractivity contribution in [2.24, 2.45) is 0 Å². The van der Waals surface area contributed by atoms with Crippen molar-refractivity contribution in [1.29, 1.82) is 0 Å². The number of rotatable bonds is 6. The van der Waals surface area contributed by atoms with Gasteiger partial charge in [-0.1, -0.05) is 72.3 Å². The first-order valence-electron chi connectivity index (χ1n) is 9.82. The van der Waals surface area contributed by atoms with E-state index in [-0.39, 0.29) is 12.5 Å². The molecule has 1 amide bonds. The lowest BCUT2D eigenvalue weighted by Crippen LogP contribution is -2.12. The summed E-state index contributed by atoms with van der Waals surface area (Å²) >= 11 is 0. The maximum Gasteiger partial charge on any atom is 0.259 e. The summed E-state index contributed by atoms with van der Waals surface area (Å²) in [7, 11) is 0. The van der Waals surface area contributed by atoms with E-state index in [0.717, 1.165) is 22.3 Å². The quantitative estimate of drug-likeness (QED) is 0.498.